The van der Waals surface area contributed by atoms with Crippen molar-refractivity contribution in [3.8, 4) is 0 Å². The molecule has 0 aromatic heterocycles. The molecule has 104 valence electrons. The zero-order chi connectivity index (χ0) is 14.9. The second kappa shape index (κ2) is 5.24. The molecule has 0 spiro atoms. The van der Waals surface area contributed by atoms with Crippen molar-refractivity contribution >= 4 is 5.78 Å². The zero-order valence-electron chi connectivity index (χ0n) is 12.9. The minimum absolute atomic E-state index is 0.103. The highest BCUT2D eigenvalue weighted by atomic mass is 16.1. The van der Waals surface area contributed by atoms with Gasteiger partial charge >= 0.3 is 0 Å². The second-order valence-corrected chi connectivity index (χ2v) is 6.40. The Morgan fingerprint density at radius 3 is 2.05 bits per heavy atom. The average molecular weight is 266 g/mol. The van der Waals surface area contributed by atoms with Gasteiger partial charge in [0.15, 0.2) is 5.78 Å². The van der Waals surface area contributed by atoms with Gasteiger partial charge < -0.3 is 0 Å². The highest BCUT2D eigenvalue weighted by Gasteiger charge is 2.16. The smallest absolute Gasteiger partial charge is 0.193 e. The molecule has 2 aromatic rings. The molecule has 0 aliphatic rings. The fraction of sp³-hybridized carbons (Fsp3) is 0.316. The molecule has 0 heterocycles. The molecule has 20 heavy (non-hydrogen) atoms. The Balaban J connectivity index is 2.37. The van der Waals surface area contributed by atoms with Crippen molar-refractivity contribution in [2.75, 3.05) is 0 Å². The first-order chi connectivity index (χ1) is 9.30. The summed E-state index contributed by atoms with van der Waals surface area (Å²) < 4.78 is 0. The van der Waals surface area contributed by atoms with Crippen molar-refractivity contribution in [2.24, 2.45) is 0 Å². The van der Waals surface area contributed by atoms with Gasteiger partial charge in [0, 0.05) is 11.1 Å². The largest absolute Gasteiger partial charge is 0.289 e. The first-order valence-electron chi connectivity index (χ1n) is 7.02. The van der Waals surface area contributed by atoms with Crippen LogP contribution in [0.25, 0.3) is 0 Å². The molecule has 0 unspecified atom stereocenters. The van der Waals surface area contributed by atoms with Gasteiger partial charge in [-0.05, 0) is 36.0 Å². The normalized spacial score (nSPS) is 11.4. The third-order valence-electron chi connectivity index (χ3n) is 3.86. The highest BCUT2D eigenvalue weighted by Crippen LogP contribution is 2.23. The highest BCUT2D eigenvalue weighted by molar-refractivity contribution is 6.10. The Morgan fingerprint density at radius 1 is 0.900 bits per heavy atom. The van der Waals surface area contributed by atoms with Crippen LogP contribution in [0, 0.1) is 13.8 Å². The van der Waals surface area contributed by atoms with E-state index in [9.17, 15) is 4.79 Å². The lowest BCUT2D eigenvalue weighted by molar-refractivity contribution is 0.103. The molecule has 0 saturated heterocycles. The molecule has 2 aromatic carbocycles. The van der Waals surface area contributed by atoms with E-state index in [0.717, 1.165) is 22.3 Å². The molecule has 0 bridgehead atoms. The number of benzene rings is 2. The Kier molecular flexibility index (Phi) is 3.80. The number of hydrogen-bond donors (Lipinski definition) is 0. The molecule has 0 amide bonds. The van der Waals surface area contributed by atoms with E-state index >= 15 is 0 Å². The molecule has 0 saturated carbocycles. The maximum atomic E-state index is 12.6. The molecule has 2 rings (SSSR count). The number of rotatable bonds is 2. The molecule has 1 heteroatoms. The van der Waals surface area contributed by atoms with Gasteiger partial charge in [-0.2, -0.15) is 0 Å². The first-order valence-corrected chi connectivity index (χ1v) is 7.02. The molecule has 0 atom stereocenters. The minimum atomic E-state index is 0.103. The summed E-state index contributed by atoms with van der Waals surface area (Å²) in [7, 11) is 0. The minimum Gasteiger partial charge on any atom is -0.289 e. The standard InChI is InChI=1S/C19H22O/c1-13-7-6-8-17(14(13)2)18(20)15-9-11-16(12-10-15)19(3,4)5/h6-12H,1-5H3. The average Bonchev–Trinajstić information content (AvgIpc) is 2.40. The van der Waals surface area contributed by atoms with Crippen molar-refractivity contribution in [2.45, 2.75) is 40.0 Å². The molecule has 1 nitrogen and oxygen atoms in total. The van der Waals surface area contributed by atoms with Gasteiger partial charge in [0.1, 0.15) is 0 Å². The summed E-state index contributed by atoms with van der Waals surface area (Å²) in [5.41, 5.74) is 5.13. The summed E-state index contributed by atoms with van der Waals surface area (Å²) in [4.78, 5) is 12.6. The molecular formula is C19H22O. The van der Waals surface area contributed by atoms with Gasteiger partial charge in [0.2, 0.25) is 0 Å². The van der Waals surface area contributed by atoms with Gasteiger partial charge in [-0.25, -0.2) is 0 Å². The topological polar surface area (TPSA) is 17.1 Å². The summed E-state index contributed by atoms with van der Waals surface area (Å²) in [5.74, 6) is 0.103. The van der Waals surface area contributed by atoms with Gasteiger partial charge in [0.05, 0.1) is 0 Å². The third kappa shape index (κ3) is 2.82. The summed E-state index contributed by atoms with van der Waals surface area (Å²) in [6.45, 7) is 10.6. The van der Waals surface area contributed by atoms with Crippen molar-refractivity contribution in [3.63, 3.8) is 0 Å². The Labute approximate surface area is 121 Å². The van der Waals surface area contributed by atoms with E-state index in [-0.39, 0.29) is 11.2 Å². The van der Waals surface area contributed by atoms with E-state index in [0.29, 0.717) is 0 Å². The van der Waals surface area contributed by atoms with Gasteiger partial charge in [-0.3, -0.25) is 4.79 Å². The number of ketones is 1. The lowest BCUT2D eigenvalue weighted by Gasteiger charge is -2.19. The van der Waals surface area contributed by atoms with E-state index < -0.39 is 0 Å². The molecule has 0 aliphatic heterocycles. The predicted octanol–water partition coefficient (Wildman–Crippen LogP) is 4.83. The summed E-state index contributed by atoms with van der Waals surface area (Å²) in [6.07, 6.45) is 0. The van der Waals surface area contributed by atoms with E-state index in [1.807, 2.05) is 44.2 Å². The molecule has 0 N–H and O–H groups in total. The van der Waals surface area contributed by atoms with Crippen LogP contribution in [0.3, 0.4) is 0 Å². The van der Waals surface area contributed by atoms with Crippen LogP contribution in [-0.2, 0) is 5.41 Å². The number of hydrogen-bond acceptors (Lipinski definition) is 1. The monoisotopic (exact) mass is 266 g/mol. The van der Waals surface area contributed by atoms with Crippen LogP contribution in [0.4, 0.5) is 0 Å². The molecular weight excluding hydrogens is 244 g/mol. The SMILES string of the molecule is Cc1cccc(C(=O)c2ccc(C(C)(C)C)cc2)c1C. The number of carbonyl (C=O) groups excluding carboxylic acids is 1. The van der Waals surface area contributed by atoms with Crippen LogP contribution in [0.2, 0.25) is 0 Å². The molecule has 0 radical (unpaired) electrons. The third-order valence-corrected chi connectivity index (χ3v) is 3.86. The van der Waals surface area contributed by atoms with Crippen LogP contribution in [-0.4, -0.2) is 5.78 Å². The Bertz CT molecular complexity index is 628. The Hall–Kier alpha value is -1.89. The molecule has 0 aliphatic carbocycles. The summed E-state index contributed by atoms with van der Waals surface area (Å²) in [6, 6.07) is 13.9. The van der Waals surface area contributed by atoms with Crippen LogP contribution >= 0.6 is 0 Å². The first kappa shape index (κ1) is 14.5. The van der Waals surface area contributed by atoms with Gasteiger partial charge in [-0.15, -0.1) is 0 Å². The fourth-order valence-corrected chi connectivity index (χ4v) is 2.27. The molecule has 0 fully saturated rings. The zero-order valence-corrected chi connectivity index (χ0v) is 12.9. The summed E-state index contributed by atoms with van der Waals surface area (Å²) in [5, 5.41) is 0. The van der Waals surface area contributed by atoms with Crippen molar-refractivity contribution in [3.05, 3.63) is 70.3 Å². The van der Waals surface area contributed by atoms with E-state index in [1.54, 1.807) is 0 Å². The van der Waals surface area contributed by atoms with Crippen LogP contribution in [0.5, 0.6) is 0 Å². The van der Waals surface area contributed by atoms with E-state index in [1.165, 1.54) is 5.56 Å². The Morgan fingerprint density at radius 2 is 1.50 bits per heavy atom. The maximum Gasteiger partial charge on any atom is 0.193 e. The lowest BCUT2D eigenvalue weighted by atomic mass is 9.86. The van der Waals surface area contributed by atoms with Gasteiger partial charge in [0.25, 0.3) is 0 Å². The maximum absolute atomic E-state index is 12.6. The van der Waals surface area contributed by atoms with Crippen molar-refractivity contribution in [1.82, 2.24) is 0 Å². The van der Waals surface area contributed by atoms with Gasteiger partial charge in [-0.1, -0.05) is 63.2 Å². The van der Waals surface area contributed by atoms with E-state index in [4.69, 9.17) is 0 Å². The number of carbonyl (C=O) groups is 1. The van der Waals surface area contributed by atoms with Crippen LogP contribution < -0.4 is 0 Å². The van der Waals surface area contributed by atoms with Crippen LogP contribution in [0.1, 0.15) is 53.4 Å². The lowest BCUT2D eigenvalue weighted by Crippen LogP contribution is -2.11. The second-order valence-electron chi connectivity index (χ2n) is 6.40. The van der Waals surface area contributed by atoms with Crippen molar-refractivity contribution in [1.29, 1.82) is 0 Å². The van der Waals surface area contributed by atoms with Crippen molar-refractivity contribution < 1.29 is 4.79 Å². The van der Waals surface area contributed by atoms with Crippen LogP contribution in [0.15, 0.2) is 42.5 Å². The fourth-order valence-electron chi connectivity index (χ4n) is 2.27. The predicted molar refractivity (Wildman–Crippen MR) is 84.5 cm³/mol. The quantitative estimate of drug-likeness (QED) is 0.711. The summed E-state index contributed by atoms with van der Waals surface area (Å²) >= 11 is 0. The number of aryl methyl sites for hydroxylation is 1. The van der Waals surface area contributed by atoms with E-state index in [2.05, 4.69) is 32.9 Å².